The van der Waals surface area contributed by atoms with Crippen LogP contribution in [0.3, 0.4) is 0 Å². The van der Waals surface area contributed by atoms with Crippen molar-refractivity contribution in [3.05, 3.63) is 57.2 Å². The van der Waals surface area contributed by atoms with Crippen molar-refractivity contribution in [1.29, 1.82) is 0 Å². The minimum atomic E-state index is -1.25. The van der Waals surface area contributed by atoms with Gasteiger partial charge in [0.05, 0.1) is 5.02 Å². The molecule has 1 aliphatic rings. The summed E-state index contributed by atoms with van der Waals surface area (Å²) in [5.41, 5.74) is -0.831. The molecule has 3 aromatic rings. The minimum absolute atomic E-state index is 0.0334. The first-order valence-electron chi connectivity index (χ1n) is 8.93. The van der Waals surface area contributed by atoms with Gasteiger partial charge in [0.15, 0.2) is 5.43 Å². The van der Waals surface area contributed by atoms with Gasteiger partial charge in [0, 0.05) is 35.7 Å². The van der Waals surface area contributed by atoms with Gasteiger partial charge >= 0.3 is 0 Å². The molecule has 7 heteroatoms. The monoisotopic (exact) mass is 401 g/mol. The number of rotatable bonds is 2. The van der Waals surface area contributed by atoms with E-state index in [2.05, 4.69) is 0 Å². The van der Waals surface area contributed by atoms with Crippen molar-refractivity contribution < 1.29 is 19.7 Å². The molecule has 1 fully saturated rings. The molecule has 4 rings (SSSR count). The molecule has 0 spiro atoms. The molecule has 1 aliphatic heterocycles. The lowest BCUT2D eigenvalue weighted by Gasteiger charge is -2.32. The van der Waals surface area contributed by atoms with Gasteiger partial charge in [-0.1, -0.05) is 23.7 Å². The number of likely N-dealkylation sites (N-methyl/N-ethyl adjacent to an activating group) is 1. The number of nitrogens with zero attached hydrogens (tertiary/aromatic N) is 1. The van der Waals surface area contributed by atoms with Crippen LogP contribution in [-0.2, 0) is 0 Å². The molecule has 1 saturated heterocycles. The van der Waals surface area contributed by atoms with E-state index < -0.39 is 17.1 Å². The van der Waals surface area contributed by atoms with Crippen LogP contribution >= 0.6 is 11.6 Å². The van der Waals surface area contributed by atoms with E-state index in [1.165, 1.54) is 6.07 Å². The van der Waals surface area contributed by atoms with E-state index in [1.807, 2.05) is 0 Å². The Morgan fingerprint density at radius 3 is 2.57 bits per heavy atom. The predicted molar refractivity (Wildman–Crippen MR) is 107 cm³/mol. The van der Waals surface area contributed by atoms with Crippen LogP contribution in [0.15, 0.2) is 45.6 Å². The molecule has 146 valence electrons. The van der Waals surface area contributed by atoms with Crippen molar-refractivity contribution in [3.8, 4) is 22.8 Å². The third kappa shape index (κ3) is 2.76. The Bertz CT molecular complexity index is 1140. The fourth-order valence-electron chi connectivity index (χ4n) is 3.96. The van der Waals surface area contributed by atoms with Crippen LogP contribution < -0.4 is 5.43 Å². The van der Waals surface area contributed by atoms with E-state index in [1.54, 1.807) is 43.1 Å². The van der Waals surface area contributed by atoms with Crippen LogP contribution in [-0.4, -0.2) is 39.5 Å². The lowest BCUT2D eigenvalue weighted by atomic mass is 9.87. The van der Waals surface area contributed by atoms with Gasteiger partial charge in [-0.15, -0.1) is 0 Å². The molecule has 0 bridgehead atoms. The van der Waals surface area contributed by atoms with Crippen molar-refractivity contribution >= 4 is 22.6 Å². The second kappa shape index (κ2) is 6.51. The number of halogens is 1. The molecule has 2 aromatic carbocycles. The van der Waals surface area contributed by atoms with Crippen molar-refractivity contribution in [2.75, 3.05) is 13.6 Å². The number of hydrogen-bond acceptors (Lipinski definition) is 6. The summed E-state index contributed by atoms with van der Waals surface area (Å²) in [6, 6.07) is 9.32. The molecular weight excluding hydrogens is 382 g/mol. The summed E-state index contributed by atoms with van der Waals surface area (Å²) in [4.78, 5) is 14.6. The van der Waals surface area contributed by atoms with Crippen LogP contribution in [0, 0.1) is 0 Å². The first-order chi connectivity index (χ1) is 13.2. The van der Waals surface area contributed by atoms with Crippen LogP contribution in [0.2, 0.25) is 5.02 Å². The van der Waals surface area contributed by atoms with Gasteiger partial charge in [-0.05, 0) is 32.5 Å². The summed E-state index contributed by atoms with van der Waals surface area (Å²) in [6.07, 6.45) is 0.553. The molecular formula is C21H20ClNO5. The van der Waals surface area contributed by atoms with Gasteiger partial charge in [0.2, 0.25) is 0 Å². The zero-order chi connectivity index (χ0) is 20.2. The molecule has 2 unspecified atom stereocenters. The number of likely N-dealkylation sites (tertiary alicyclic amines) is 1. The van der Waals surface area contributed by atoms with Crippen LogP contribution in [0.4, 0.5) is 0 Å². The first kappa shape index (κ1) is 18.8. The van der Waals surface area contributed by atoms with E-state index in [-0.39, 0.29) is 28.2 Å². The maximum atomic E-state index is 12.8. The number of phenolic OH excluding ortho intramolecular Hbond substituents is 2. The van der Waals surface area contributed by atoms with Crippen LogP contribution in [0.25, 0.3) is 22.3 Å². The number of fused-ring (bicyclic) bond motifs is 1. The number of aromatic hydroxyl groups is 2. The zero-order valence-corrected chi connectivity index (χ0v) is 16.2. The average molecular weight is 402 g/mol. The second-order valence-corrected chi connectivity index (χ2v) is 7.75. The summed E-state index contributed by atoms with van der Waals surface area (Å²) in [5.74, 6) is -0.891. The minimum Gasteiger partial charge on any atom is -0.507 e. The standard InChI is InChI=1S/C21H20ClNO5/c1-21(27)12(7-8-23(21)2)18-14(24)9-15(25)19-16(26)10-17(28-20(18)19)11-5-3-4-6-13(11)22/h3-6,9-10,12,24-25,27H,7-8H2,1-2H3. The number of aliphatic hydroxyl groups is 1. The molecule has 6 nitrogen and oxygen atoms in total. The predicted octanol–water partition coefficient (Wildman–Crippen LogP) is 3.65. The first-order valence-corrected chi connectivity index (χ1v) is 9.30. The SMILES string of the molecule is CN1CCC(c2c(O)cc(O)c3c(=O)cc(-c4ccccc4Cl)oc23)C1(C)O. The van der Waals surface area contributed by atoms with E-state index in [0.29, 0.717) is 29.1 Å². The molecule has 1 aromatic heterocycles. The summed E-state index contributed by atoms with van der Waals surface area (Å²) < 4.78 is 6.01. The van der Waals surface area contributed by atoms with Crippen LogP contribution in [0.1, 0.15) is 24.8 Å². The van der Waals surface area contributed by atoms with Gasteiger partial charge in [0.1, 0.15) is 34.0 Å². The van der Waals surface area contributed by atoms with Crippen molar-refractivity contribution in [1.82, 2.24) is 4.90 Å². The highest BCUT2D eigenvalue weighted by Crippen LogP contribution is 2.47. The van der Waals surface area contributed by atoms with Crippen molar-refractivity contribution in [2.45, 2.75) is 25.0 Å². The lowest BCUT2D eigenvalue weighted by molar-refractivity contribution is -0.0627. The van der Waals surface area contributed by atoms with E-state index in [9.17, 15) is 20.1 Å². The Labute approximate surface area is 166 Å². The Morgan fingerprint density at radius 2 is 1.93 bits per heavy atom. The fourth-order valence-corrected chi connectivity index (χ4v) is 4.19. The van der Waals surface area contributed by atoms with Crippen molar-refractivity contribution in [2.24, 2.45) is 0 Å². The summed E-state index contributed by atoms with van der Waals surface area (Å²) in [5, 5.41) is 32.2. The number of hydrogen-bond donors (Lipinski definition) is 3. The van der Waals surface area contributed by atoms with Crippen LogP contribution in [0.5, 0.6) is 11.5 Å². The lowest BCUT2D eigenvalue weighted by Crippen LogP contribution is -2.41. The van der Waals surface area contributed by atoms with E-state index in [0.717, 1.165) is 6.07 Å². The summed E-state index contributed by atoms with van der Waals surface area (Å²) in [7, 11) is 1.78. The number of benzene rings is 2. The topological polar surface area (TPSA) is 94.1 Å². The molecule has 0 radical (unpaired) electrons. The van der Waals surface area contributed by atoms with Gasteiger partial charge in [-0.2, -0.15) is 0 Å². The Morgan fingerprint density at radius 1 is 1.21 bits per heavy atom. The third-order valence-electron chi connectivity index (χ3n) is 5.67. The number of phenols is 2. The maximum Gasteiger partial charge on any atom is 0.197 e. The molecule has 0 saturated carbocycles. The normalized spacial score (nSPS) is 22.8. The van der Waals surface area contributed by atoms with Gasteiger partial charge < -0.3 is 19.7 Å². The highest BCUT2D eigenvalue weighted by atomic mass is 35.5. The Hall–Kier alpha value is -2.54. The van der Waals surface area contributed by atoms with E-state index >= 15 is 0 Å². The van der Waals surface area contributed by atoms with Crippen molar-refractivity contribution in [3.63, 3.8) is 0 Å². The Kier molecular flexibility index (Phi) is 4.38. The summed E-state index contributed by atoms with van der Waals surface area (Å²) >= 11 is 6.25. The van der Waals surface area contributed by atoms with Gasteiger partial charge in [-0.25, -0.2) is 0 Å². The highest BCUT2D eigenvalue weighted by molar-refractivity contribution is 6.33. The second-order valence-electron chi connectivity index (χ2n) is 7.34. The average Bonchev–Trinajstić information content (AvgIpc) is 2.88. The molecule has 0 aliphatic carbocycles. The quantitative estimate of drug-likeness (QED) is 0.606. The summed E-state index contributed by atoms with van der Waals surface area (Å²) in [6.45, 7) is 2.26. The molecule has 0 amide bonds. The molecule has 28 heavy (non-hydrogen) atoms. The smallest absolute Gasteiger partial charge is 0.197 e. The fraction of sp³-hybridized carbons (Fsp3) is 0.286. The molecule has 2 atom stereocenters. The zero-order valence-electron chi connectivity index (χ0n) is 15.4. The largest absolute Gasteiger partial charge is 0.507 e. The van der Waals surface area contributed by atoms with E-state index in [4.69, 9.17) is 16.0 Å². The van der Waals surface area contributed by atoms with Gasteiger partial charge in [-0.3, -0.25) is 9.69 Å². The third-order valence-corrected chi connectivity index (χ3v) is 6.00. The van der Waals surface area contributed by atoms with Gasteiger partial charge in [0.25, 0.3) is 0 Å². The highest BCUT2D eigenvalue weighted by Gasteiger charge is 2.45. The molecule has 3 N–H and O–H groups in total. The maximum absolute atomic E-state index is 12.8. The molecule has 2 heterocycles. The Balaban J connectivity index is 2.06.